The molecule has 2 aromatic rings. The van der Waals surface area contributed by atoms with E-state index >= 15 is 0 Å². The fourth-order valence-electron chi connectivity index (χ4n) is 2.40. The lowest BCUT2D eigenvalue weighted by Gasteiger charge is -2.16. The van der Waals surface area contributed by atoms with Crippen LogP contribution in [0.3, 0.4) is 0 Å². The molecule has 3 rings (SSSR count). The van der Waals surface area contributed by atoms with Crippen LogP contribution in [0.2, 0.25) is 0 Å². The zero-order chi connectivity index (χ0) is 16.7. The zero-order valence-corrected chi connectivity index (χ0v) is 11.7. The van der Waals surface area contributed by atoms with Crippen molar-refractivity contribution in [2.75, 3.05) is 17.7 Å². The van der Waals surface area contributed by atoms with E-state index in [0.717, 1.165) is 0 Å². The molecule has 0 spiro atoms. The minimum absolute atomic E-state index is 0.00996. The van der Waals surface area contributed by atoms with E-state index in [1.54, 1.807) is 0 Å². The van der Waals surface area contributed by atoms with Gasteiger partial charge in [0, 0.05) is 0 Å². The molecule has 0 radical (unpaired) electrons. The van der Waals surface area contributed by atoms with E-state index in [9.17, 15) is 15.0 Å². The number of urea groups is 1. The van der Waals surface area contributed by atoms with Gasteiger partial charge in [-0.2, -0.15) is 9.97 Å². The third kappa shape index (κ3) is 2.53. The van der Waals surface area contributed by atoms with Crippen molar-refractivity contribution in [3.8, 4) is 0 Å². The van der Waals surface area contributed by atoms with Crippen molar-refractivity contribution in [2.45, 2.75) is 24.5 Å². The van der Waals surface area contributed by atoms with Gasteiger partial charge in [-0.25, -0.2) is 9.78 Å². The number of nitrogens with two attached hydrogens (primary N) is 2. The number of primary amides is 1. The van der Waals surface area contributed by atoms with E-state index < -0.39 is 37.2 Å². The highest BCUT2D eigenvalue weighted by Gasteiger charge is 2.44. The van der Waals surface area contributed by atoms with Crippen LogP contribution in [-0.2, 0) is 4.74 Å². The summed E-state index contributed by atoms with van der Waals surface area (Å²) in [5.74, 6) is -0.153. The smallest absolute Gasteiger partial charge is 0.319 e. The number of anilines is 2. The SMILES string of the molecule is NC(=O)Nc1nc(N)c2ncn([C@@H]3O[C@H](CO)[C@@H](O)[C@H]3O)c2n1. The van der Waals surface area contributed by atoms with Crippen molar-refractivity contribution >= 4 is 29.0 Å². The molecule has 0 saturated carbocycles. The van der Waals surface area contributed by atoms with Crippen LogP contribution in [0.15, 0.2) is 6.33 Å². The normalized spacial score (nSPS) is 27.4. The molecular formula is C11H15N7O5. The van der Waals surface area contributed by atoms with Gasteiger partial charge < -0.3 is 31.5 Å². The van der Waals surface area contributed by atoms with Gasteiger partial charge in [0.2, 0.25) is 5.95 Å². The highest BCUT2D eigenvalue weighted by atomic mass is 16.6. The van der Waals surface area contributed by atoms with Crippen LogP contribution >= 0.6 is 0 Å². The van der Waals surface area contributed by atoms with Crippen LogP contribution in [0.5, 0.6) is 0 Å². The van der Waals surface area contributed by atoms with Crippen molar-refractivity contribution in [3.63, 3.8) is 0 Å². The number of carbonyl (C=O) groups is 1. The van der Waals surface area contributed by atoms with E-state index in [2.05, 4.69) is 20.3 Å². The molecule has 0 aromatic carbocycles. The first kappa shape index (κ1) is 15.4. The second-order valence-electron chi connectivity index (χ2n) is 4.97. The van der Waals surface area contributed by atoms with Gasteiger partial charge in [0.1, 0.15) is 23.8 Å². The van der Waals surface area contributed by atoms with Crippen LogP contribution in [0, 0.1) is 0 Å². The Morgan fingerprint density at radius 3 is 2.74 bits per heavy atom. The number of ether oxygens (including phenoxy) is 1. The summed E-state index contributed by atoms with van der Waals surface area (Å²) in [4.78, 5) is 22.8. The number of fused-ring (bicyclic) bond motifs is 1. The van der Waals surface area contributed by atoms with Gasteiger partial charge in [-0.05, 0) is 0 Å². The third-order valence-electron chi connectivity index (χ3n) is 3.47. The molecule has 8 N–H and O–H groups in total. The summed E-state index contributed by atoms with van der Waals surface area (Å²) >= 11 is 0. The van der Waals surface area contributed by atoms with Crippen LogP contribution in [0.25, 0.3) is 11.2 Å². The average Bonchev–Trinajstić information content (AvgIpc) is 3.01. The molecule has 3 heterocycles. The first-order chi connectivity index (χ1) is 10.9. The largest absolute Gasteiger partial charge is 0.394 e. The fourth-order valence-corrected chi connectivity index (χ4v) is 2.40. The Bertz CT molecular complexity index is 750. The number of nitrogens with zero attached hydrogens (tertiary/aromatic N) is 4. The van der Waals surface area contributed by atoms with Crippen molar-refractivity contribution in [3.05, 3.63) is 6.33 Å². The number of carbonyl (C=O) groups excluding carboxylic acids is 1. The number of hydrogen-bond donors (Lipinski definition) is 6. The molecule has 23 heavy (non-hydrogen) atoms. The Balaban J connectivity index is 2.05. The Hall–Kier alpha value is -2.54. The lowest BCUT2D eigenvalue weighted by molar-refractivity contribution is -0.0511. The lowest BCUT2D eigenvalue weighted by atomic mass is 10.1. The second kappa shape index (κ2) is 5.58. The van der Waals surface area contributed by atoms with E-state index in [1.807, 2.05) is 0 Å². The van der Waals surface area contributed by atoms with Gasteiger partial charge in [0.25, 0.3) is 0 Å². The van der Waals surface area contributed by atoms with E-state index in [1.165, 1.54) is 10.9 Å². The molecule has 1 aliphatic rings. The second-order valence-corrected chi connectivity index (χ2v) is 4.97. The van der Waals surface area contributed by atoms with E-state index in [4.69, 9.17) is 21.3 Å². The Morgan fingerprint density at radius 1 is 1.39 bits per heavy atom. The molecule has 1 aliphatic heterocycles. The van der Waals surface area contributed by atoms with Crippen LogP contribution in [0.4, 0.5) is 16.6 Å². The molecule has 0 aliphatic carbocycles. The van der Waals surface area contributed by atoms with Gasteiger partial charge in [-0.15, -0.1) is 0 Å². The summed E-state index contributed by atoms with van der Waals surface area (Å²) in [6, 6.07) is -0.872. The number of aromatic nitrogens is 4. The Morgan fingerprint density at radius 2 is 2.13 bits per heavy atom. The molecule has 0 bridgehead atoms. The summed E-state index contributed by atoms with van der Waals surface area (Å²) in [5, 5.41) is 31.2. The summed E-state index contributed by atoms with van der Waals surface area (Å²) in [6.07, 6.45) is -3.28. The van der Waals surface area contributed by atoms with Gasteiger partial charge in [-0.3, -0.25) is 9.88 Å². The summed E-state index contributed by atoms with van der Waals surface area (Å²) in [7, 11) is 0. The predicted molar refractivity (Wildman–Crippen MR) is 76.0 cm³/mol. The average molecular weight is 325 g/mol. The molecule has 1 fully saturated rings. The molecule has 0 unspecified atom stereocenters. The number of nitrogens with one attached hydrogen (secondary N) is 1. The molecule has 1 saturated heterocycles. The summed E-state index contributed by atoms with van der Waals surface area (Å²) in [5.41, 5.74) is 11.1. The summed E-state index contributed by atoms with van der Waals surface area (Å²) < 4.78 is 6.73. The molecule has 4 atom stereocenters. The number of imidazole rings is 1. The van der Waals surface area contributed by atoms with Crippen molar-refractivity contribution in [2.24, 2.45) is 5.73 Å². The van der Waals surface area contributed by atoms with Crippen molar-refractivity contribution < 1.29 is 24.9 Å². The highest BCUT2D eigenvalue weighted by Crippen LogP contribution is 2.32. The fraction of sp³-hybridized carbons (Fsp3) is 0.455. The quantitative estimate of drug-likeness (QED) is 0.354. The zero-order valence-electron chi connectivity index (χ0n) is 11.7. The molecule has 2 amide bonds. The maximum atomic E-state index is 10.9. The number of aliphatic hydroxyl groups is 3. The van der Waals surface area contributed by atoms with Crippen LogP contribution in [-0.4, -0.2) is 65.8 Å². The van der Waals surface area contributed by atoms with Gasteiger partial charge in [0.15, 0.2) is 17.7 Å². The van der Waals surface area contributed by atoms with E-state index in [-0.39, 0.29) is 22.9 Å². The van der Waals surface area contributed by atoms with Crippen LogP contribution < -0.4 is 16.8 Å². The van der Waals surface area contributed by atoms with Gasteiger partial charge in [0.05, 0.1) is 12.9 Å². The standard InChI is InChI=1S/C11H15N7O5/c12-7-4-8(16-11(15-7)17-10(13)22)18(2-14-4)9-6(21)5(20)3(1-19)23-9/h2-3,5-6,9,19-21H,1H2,(H5,12,13,15,16,17,22)/t3-,5-,6-,9-/m1/s1. The Labute approximate surface area is 128 Å². The number of amides is 2. The minimum atomic E-state index is -1.31. The van der Waals surface area contributed by atoms with Crippen molar-refractivity contribution in [1.82, 2.24) is 19.5 Å². The monoisotopic (exact) mass is 325 g/mol. The first-order valence-corrected chi connectivity index (χ1v) is 6.61. The lowest BCUT2D eigenvalue weighted by Crippen LogP contribution is -2.33. The molecule has 2 aromatic heterocycles. The molecule has 124 valence electrons. The van der Waals surface area contributed by atoms with E-state index in [0.29, 0.717) is 0 Å². The topological polar surface area (TPSA) is 195 Å². The maximum Gasteiger partial charge on any atom is 0.319 e. The Kier molecular flexibility index (Phi) is 3.73. The predicted octanol–water partition coefficient (Wildman–Crippen LogP) is -2.49. The van der Waals surface area contributed by atoms with Gasteiger partial charge >= 0.3 is 6.03 Å². The highest BCUT2D eigenvalue weighted by molar-refractivity contribution is 5.89. The number of rotatable bonds is 3. The minimum Gasteiger partial charge on any atom is -0.394 e. The molecule has 12 heteroatoms. The molecule has 12 nitrogen and oxygen atoms in total. The maximum absolute atomic E-state index is 10.9. The van der Waals surface area contributed by atoms with Crippen molar-refractivity contribution in [1.29, 1.82) is 0 Å². The number of aliphatic hydroxyl groups excluding tert-OH is 3. The number of hydrogen-bond acceptors (Lipinski definition) is 9. The van der Waals surface area contributed by atoms with Crippen LogP contribution in [0.1, 0.15) is 6.23 Å². The number of nitrogen functional groups attached to an aromatic ring is 1. The third-order valence-corrected chi connectivity index (χ3v) is 3.47. The first-order valence-electron chi connectivity index (χ1n) is 6.61. The van der Waals surface area contributed by atoms with Gasteiger partial charge in [-0.1, -0.05) is 0 Å². The summed E-state index contributed by atoms with van der Waals surface area (Å²) in [6.45, 7) is -0.465. The molecular weight excluding hydrogens is 310 g/mol.